The lowest BCUT2D eigenvalue weighted by molar-refractivity contribution is -0.384. The van der Waals surface area contributed by atoms with Gasteiger partial charge in [0.1, 0.15) is 0 Å². The average Bonchev–Trinajstić information content (AvgIpc) is 2.45. The Balaban J connectivity index is 2.03. The monoisotopic (exact) mass is 275 g/mol. The van der Waals surface area contributed by atoms with Crippen molar-refractivity contribution in [2.24, 2.45) is 11.0 Å². The number of non-ortho nitro benzene ring substituents is 1. The predicted molar refractivity (Wildman–Crippen MR) is 75.6 cm³/mol. The molecule has 0 bridgehead atoms. The van der Waals surface area contributed by atoms with Gasteiger partial charge in [0, 0.05) is 23.4 Å². The zero-order valence-electron chi connectivity index (χ0n) is 11.3. The van der Waals surface area contributed by atoms with E-state index in [1.165, 1.54) is 30.7 Å². The van der Waals surface area contributed by atoms with Crippen LogP contribution in [0, 0.1) is 16.0 Å². The summed E-state index contributed by atoms with van der Waals surface area (Å²) >= 11 is 0. The number of hydrogen-bond acceptors (Lipinski definition) is 4. The van der Waals surface area contributed by atoms with Gasteiger partial charge in [0.2, 0.25) is 0 Å². The fraction of sp³-hybridized carbons (Fsp3) is 0.429. The summed E-state index contributed by atoms with van der Waals surface area (Å²) in [5.74, 6) is 0.177. The molecule has 1 aliphatic carbocycles. The van der Waals surface area contributed by atoms with Crippen LogP contribution in [0.2, 0.25) is 0 Å². The Hall–Kier alpha value is -2.24. The summed E-state index contributed by atoms with van der Waals surface area (Å²) in [5, 5.41) is 14.8. The van der Waals surface area contributed by atoms with E-state index in [2.05, 4.69) is 17.5 Å². The van der Waals surface area contributed by atoms with Crippen molar-refractivity contribution in [1.82, 2.24) is 5.43 Å². The van der Waals surface area contributed by atoms with E-state index in [9.17, 15) is 14.9 Å². The van der Waals surface area contributed by atoms with E-state index >= 15 is 0 Å². The molecule has 1 amide bonds. The molecule has 20 heavy (non-hydrogen) atoms. The molecule has 0 spiro atoms. The molecule has 1 aromatic rings. The molecule has 0 aromatic heterocycles. The lowest BCUT2D eigenvalue weighted by atomic mass is 9.89. The number of carbonyl (C=O) groups excluding carboxylic acids is 1. The molecule has 1 fully saturated rings. The van der Waals surface area contributed by atoms with E-state index in [4.69, 9.17) is 0 Å². The maximum absolute atomic E-state index is 11.9. The normalized spacial score (nSPS) is 20.6. The minimum atomic E-state index is -0.522. The lowest BCUT2D eigenvalue weighted by Crippen LogP contribution is -2.22. The van der Waals surface area contributed by atoms with Gasteiger partial charge in [-0.3, -0.25) is 14.9 Å². The summed E-state index contributed by atoms with van der Waals surface area (Å²) in [7, 11) is 0. The van der Waals surface area contributed by atoms with E-state index < -0.39 is 10.8 Å². The smallest absolute Gasteiger partial charge is 0.267 e. The van der Waals surface area contributed by atoms with Crippen LogP contribution in [0.15, 0.2) is 29.4 Å². The van der Waals surface area contributed by atoms with Crippen molar-refractivity contribution in [2.75, 3.05) is 0 Å². The second-order valence-electron chi connectivity index (χ2n) is 5.13. The zero-order valence-corrected chi connectivity index (χ0v) is 11.3. The quantitative estimate of drug-likeness (QED) is 0.680. The molecule has 0 aliphatic heterocycles. The highest BCUT2D eigenvalue weighted by molar-refractivity contribution is 5.96. The van der Waals surface area contributed by atoms with Gasteiger partial charge in [-0.15, -0.1) is 0 Å². The largest absolute Gasteiger partial charge is 0.271 e. The third kappa shape index (κ3) is 3.63. The highest BCUT2D eigenvalue weighted by Crippen LogP contribution is 2.21. The van der Waals surface area contributed by atoms with Crippen molar-refractivity contribution in [3.8, 4) is 0 Å². The third-order valence-corrected chi connectivity index (χ3v) is 3.38. The molecule has 0 heterocycles. The van der Waals surface area contributed by atoms with Gasteiger partial charge in [-0.25, -0.2) is 5.43 Å². The number of carbonyl (C=O) groups is 1. The number of hydrazone groups is 1. The summed E-state index contributed by atoms with van der Waals surface area (Å²) in [5.41, 5.74) is 3.61. The van der Waals surface area contributed by atoms with Gasteiger partial charge in [-0.2, -0.15) is 5.10 Å². The second kappa shape index (κ2) is 6.27. The molecule has 1 N–H and O–H groups in total. The van der Waals surface area contributed by atoms with Crippen LogP contribution in [0.3, 0.4) is 0 Å². The molecule has 6 heteroatoms. The fourth-order valence-electron chi connectivity index (χ4n) is 2.32. The van der Waals surface area contributed by atoms with Crippen LogP contribution in [0.4, 0.5) is 5.69 Å². The van der Waals surface area contributed by atoms with Gasteiger partial charge >= 0.3 is 0 Å². The van der Waals surface area contributed by atoms with Gasteiger partial charge in [0.15, 0.2) is 0 Å². The zero-order chi connectivity index (χ0) is 14.5. The van der Waals surface area contributed by atoms with E-state index in [0.717, 1.165) is 25.0 Å². The number of benzene rings is 1. The van der Waals surface area contributed by atoms with E-state index in [1.54, 1.807) is 0 Å². The lowest BCUT2D eigenvalue weighted by Gasteiger charge is -2.18. The van der Waals surface area contributed by atoms with E-state index in [1.807, 2.05) is 0 Å². The summed E-state index contributed by atoms with van der Waals surface area (Å²) in [6, 6.07) is 5.62. The number of hydrogen-bond donors (Lipinski definition) is 1. The first-order valence-corrected chi connectivity index (χ1v) is 6.66. The predicted octanol–water partition coefficient (Wildman–Crippen LogP) is 2.89. The Kier molecular flexibility index (Phi) is 4.45. The molecule has 0 radical (unpaired) electrons. The molecule has 0 saturated heterocycles. The number of nitro benzene ring substituents is 1. The van der Waals surface area contributed by atoms with Gasteiger partial charge in [-0.1, -0.05) is 13.0 Å². The molecule has 1 aliphatic rings. The SMILES string of the molecule is C[C@@H]1CCC/C(=N\NC(=O)c2cccc([N+](=O)[O-])c2)C1. The fourth-order valence-corrected chi connectivity index (χ4v) is 2.32. The number of nitro groups is 1. The van der Waals surface area contributed by atoms with Crippen molar-refractivity contribution in [3.63, 3.8) is 0 Å². The minimum Gasteiger partial charge on any atom is -0.267 e. The molecule has 1 aromatic carbocycles. The number of rotatable bonds is 3. The molecular formula is C14H17N3O3. The van der Waals surface area contributed by atoms with Crippen LogP contribution in [-0.2, 0) is 0 Å². The van der Waals surface area contributed by atoms with Gasteiger partial charge < -0.3 is 0 Å². The maximum atomic E-state index is 11.9. The highest BCUT2D eigenvalue weighted by Gasteiger charge is 2.15. The Morgan fingerprint density at radius 1 is 1.50 bits per heavy atom. The van der Waals surface area contributed by atoms with Gasteiger partial charge in [0.05, 0.1) is 4.92 Å². The van der Waals surface area contributed by atoms with E-state index in [0.29, 0.717) is 5.92 Å². The van der Waals surface area contributed by atoms with Crippen molar-refractivity contribution >= 4 is 17.3 Å². The van der Waals surface area contributed by atoms with Crippen LogP contribution >= 0.6 is 0 Å². The van der Waals surface area contributed by atoms with Crippen molar-refractivity contribution < 1.29 is 9.72 Å². The molecule has 1 atom stereocenters. The maximum Gasteiger partial charge on any atom is 0.271 e. The molecule has 2 rings (SSSR count). The Morgan fingerprint density at radius 3 is 3.00 bits per heavy atom. The first-order chi connectivity index (χ1) is 9.56. The van der Waals surface area contributed by atoms with Gasteiger partial charge in [0.25, 0.3) is 11.6 Å². The Bertz CT molecular complexity index is 554. The summed E-state index contributed by atoms with van der Waals surface area (Å²) in [4.78, 5) is 22.0. The van der Waals surface area contributed by atoms with Crippen LogP contribution in [0.1, 0.15) is 43.0 Å². The average molecular weight is 275 g/mol. The number of amides is 1. The third-order valence-electron chi connectivity index (χ3n) is 3.38. The summed E-state index contributed by atoms with van der Waals surface area (Å²) in [6.45, 7) is 2.16. The minimum absolute atomic E-state index is 0.100. The number of nitrogens with one attached hydrogen (secondary N) is 1. The first kappa shape index (κ1) is 14.2. The van der Waals surface area contributed by atoms with Crippen molar-refractivity contribution in [2.45, 2.75) is 32.6 Å². The molecular weight excluding hydrogens is 258 g/mol. The second-order valence-corrected chi connectivity index (χ2v) is 5.13. The standard InChI is InChI=1S/C14H17N3O3/c1-10-4-2-6-12(8-10)15-16-14(18)11-5-3-7-13(9-11)17(19)20/h3,5,7,9-10H,2,4,6,8H2,1H3,(H,16,18)/b15-12+/t10-/m1/s1. The Morgan fingerprint density at radius 2 is 2.30 bits per heavy atom. The molecule has 106 valence electrons. The topological polar surface area (TPSA) is 84.6 Å². The Labute approximate surface area is 117 Å². The van der Waals surface area contributed by atoms with Crippen LogP contribution in [0.25, 0.3) is 0 Å². The molecule has 6 nitrogen and oxygen atoms in total. The van der Waals surface area contributed by atoms with Crippen LogP contribution in [0.5, 0.6) is 0 Å². The van der Waals surface area contributed by atoms with Gasteiger partial charge in [-0.05, 0) is 37.7 Å². The van der Waals surface area contributed by atoms with E-state index in [-0.39, 0.29) is 11.3 Å². The molecule has 0 unspecified atom stereocenters. The highest BCUT2D eigenvalue weighted by atomic mass is 16.6. The van der Waals surface area contributed by atoms with Crippen molar-refractivity contribution in [3.05, 3.63) is 39.9 Å². The first-order valence-electron chi connectivity index (χ1n) is 6.66. The molecule has 1 saturated carbocycles. The van der Waals surface area contributed by atoms with Crippen molar-refractivity contribution in [1.29, 1.82) is 0 Å². The van der Waals surface area contributed by atoms with Crippen LogP contribution in [-0.4, -0.2) is 16.5 Å². The number of nitrogens with zero attached hydrogens (tertiary/aromatic N) is 2. The van der Waals surface area contributed by atoms with Crippen LogP contribution < -0.4 is 5.43 Å². The summed E-state index contributed by atoms with van der Waals surface area (Å²) in [6.07, 6.45) is 4.08. The summed E-state index contributed by atoms with van der Waals surface area (Å²) < 4.78 is 0.